The normalized spacial score (nSPS) is 14.8. The third kappa shape index (κ3) is 4.71. The highest BCUT2D eigenvalue weighted by Gasteiger charge is 2.27. The van der Waals surface area contributed by atoms with E-state index in [-0.39, 0.29) is 5.91 Å². The van der Waals surface area contributed by atoms with Crippen molar-refractivity contribution in [1.82, 2.24) is 10.6 Å². The Labute approximate surface area is 165 Å². The molecule has 1 aliphatic heterocycles. The van der Waals surface area contributed by atoms with E-state index in [1.807, 2.05) is 75.4 Å². The minimum absolute atomic E-state index is 0.146. The van der Waals surface area contributed by atoms with Gasteiger partial charge >= 0.3 is 6.09 Å². The van der Waals surface area contributed by atoms with Gasteiger partial charge in [-0.1, -0.05) is 48.5 Å². The molecule has 2 amide bonds. The summed E-state index contributed by atoms with van der Waals surface area (Å²) in [7, 11) is 0. The molecule has 28 heavy (non-hydrogen) atoms. The molecule has 0 aliphatic carbocycles. The van der Waals surface area contributed by atoms with E-state index in [0.717, 1.165) is 22.5 Å². The van der Waals surface area contributed by atoms with Crippen LogP contribution in [0.25, 0.3) is 11.3 Å². The summed E-state index contributed by atoms with van der Waals surface area (Å²) in [5, 5.41) is 8.94. The molecule has 1 heterocycles. The van der Waals surface area contributed by atoms with Crippen molar-refractivity contribution in [3.05, 3.63) is 65.7 Å². The molecule has 0 saturated heterocycles. The first kappa shape index (κ1) is 19.5. The van der Waals surface area contributed by atoms with Crippen LogP contribution >= 0.6 is 0 Å². The van der Waals surface area contributed by atoms with Crippen LogP contribution in [0, 0.1) is 0 Å². The summed E-state index contributed by atoms with van der Waals surface area (Å²) in [6, 6.07) is 17.3. The number of anilines is 1. The van der Waals surface area contributed by atoms with E-state index in [2.05, 4.69) is 16.0 Å². The number of nitrogens with one attached hydrogen (secondary N) is 3. The van der Waals surface area contributed by atoms with Crippen LogP contribution in [-0.2, 0) is 9.53 Å². The predicted molar refractivity (Wildman–Crippen MR) is 111 cm³/mol. The Morgan fingerprint density at radius 3 is 2.32 bits per heavy atom. The Bertz CT molecular complexity index is 899. The number of benzene rings is 2. The van der Waals surface area contributed by atoms with Crippen LogP contribution in [0.4, 0.5) is 10.5 Å². The summed E-state index contributed by atoms with van der Waals surface area (Å²) in [4.78, 5) is 24.5. The molecule has 0 unspecified atom stereocenters. The van der Waals surface area contributed by atoms with Gasteiger partial charge in [-0.3, -0.25) is 4.79 Å². The molecule has 2 aromatic rings. The average molecular weight is 379 g/mol. The zero-order valence-corrected chi connectivity index (χ0v) is 16.3. The molecule has 3 rings (SSSR count). The van der Waals surface area contributed by atoms with Gasteiger partial charge in [0.15, 0.2) is 0 Å². The molecule has 0 bridgehead atoms. The highest BCUT2D eigenvalue weighted by Crippen LogP contribution is 2.35. The molecule has 0 saturated carbocycles. The SMILES string of the molecule is CC(C)(C)OC(=O)NCCN/C(=C1\C(=O)Nc2ccccc21)c1ccccc1. The lowest BCUT2D eigenvalue weighted by Crippen LogP contribution is -2.36. The van der Waals surface area contributed by atoms with E-state index in [0.29, 0.717) is 18.7 Å². The Balaban J connectivity index is 1.79. The summed E-state index contributed by atoms with van der Waals surface area (Å²) in [6.07, 6.45) is -0.466. The fourth-order valence-corrected chi connectivity index (χ4v) is 2.97. The number of alkyl carbamates (subject to hydrolysis) is 1. The highest BCUT2D eigenvalue weighted by atomic mass is 16.6. The third-order valence-electron chi connectivity index (χ3n) is 4.08. The summed E-state index contributed by atoms with van der Waals surface area (Å²) in [6.45, 7) is 6.26. The van der Waals surface area contributed by atoms with Crippen LogP contribution in [0.3, 0.4) is 0 Å². The van der Waals surface area contributed by atoms with Gasteiger partial charge in [-0.15, -0.1) is 0 Å². The fourth-order valence-electron chi connectivity index (χ4n) is 2.97. The second kappa shape index (κ2) is 8.17. The lowest BCUT2D eigenvalue weighted by atomic mass is 10.0. The zero-order valence-electron chi connectivity index (χ0n) is 16.3. The summed E-state index contributed by atoms with van der Waals surface area (Å²) in [5.41, 5.74) is 3.35. The molecular weight excluding hydrogens is 354 g/mol. The van der Waals surface area contributed by atoms with Crippen LogP contribution < -0.4 is 16.0 Å². The Morgan fingerprint density at radius 1 is 0.964 bits per heavy atom. The van der Waals surface area contributed by atoms with Crippen LogP contribution in [0.1, 0.15) is 31.9 Å². The average Bonchev–Trinajstić information content (AvgIpc) is 2.97. The van der Waals surface area contributed by atoms with E-state index < -0.39 is 11.7 Å². The molecule has 0 spiro atoms. The standard InChI is InChI=1S/C22H25N3O3/c1-22(2,3)28-21(27)24-14-13-23-19(15-9-5-4-6-10-15)18-16-11-7-8-12-17(16)25-20(18)26/h4-12,23H,13-14H2,1-3H3,(H,24,27)(H,25,26)/b19-18-. The molecule has 6 nitrogen and oxygen atoms in total. The van der Waals surface area contributed by atoms with E-state index in [4.69, 9.17) is 4.74 Å². The number of carbonyl (C=O) groups excluding carboxylic acids is 2. The molecule has 0 atom stereocenters. The van der Waals surface area contributed by atoms with Crippen LogP contribution in [-0.4, -0.2) is 30.7 Å². The van der Waals surface area contributed by atoms with Crippen molar-refractivity contribution in [2.24, 2.45) is 0 Å². The second-order valence-electron chi connectivity index (χ2n) is 7.47. The van der Waals surface area contributed by atoms with E-state index in [1.54, 1.807) is 0 Å². The topological polar surface area (TPSA) is 79.5 Å². The second-order valence-corrected chi connectivity index (χ2v) is 7.47. The lowest BCUT2D eigenvalue weighted by molar-refractivity contribution is -0.110. The van der Waals surface area contributed by atoms with E-state index >= 15 is 0 Å². The van der Waals surface area contributed by atoms with Crippen LogP contribution in [0.2, 0.25) is 0 Å². The molecule has 2 aromatic carbocycles. The molecule has 6 heteroatoms. The van der Waals surface area contributed by atoms with Crippen LogP contribution in [0.15, 0.2) is 54.6 Å². The predicted octanol–water partition coefficient (Wildman–Crippen LogP) is 3.62. The molecule has 1 aliphatic rings. The molecule has 0 aromatic heterocycles. The van der Waals surface area contributed by atoms with Gasteiger partial charge in [0.2, 0.25) is 0 Å². The van der Waals surface area contributed by atoms with Crippen molar-refractivity contribution in [3.63, 3.8) is 0 Å². The molecular formula is C22H25N3O3. The summed E-state index contributed by atoms with van der Waals surface area (Å²) in [5.74, 6) is -0.146. The van der Waals surface area contributed by atoms with Gasteiger partial charge in [0, 0.05) is 24.3 Å². The van der Waals surface area contributed by atoms with Gasteiger partial charge in [0.1, 0.15) is 5.60 Å². The number of amides is 2. The number of fused-ring (bicyclic) bond motifs is 1. The number of hydrogen-bond acceptors (Lipinski definition) is 4. The van der Waals surface area contributed by atoms with E-state index in [9.17, 15) is 9.59 Å². The first-order chi connectivity index (χ1) is 13.3. The number of hydrogen-bond donors (Lipinski definition) is 3. The number of carbonyl (C=O) groups is 2. The summed E-state index contributed by atoms with van der Waals surface area (Å²) >= 11 is 0. The first-order valence-corrected chi connectivity index (χ1v) is 9.26. The van der Waals surface area contributed by atoms with Crippen LogP contribution in [0.5, 0.6) is 0 Å². The lowest BCUT2D eigenvalue weighted by Gasteiger charge is -2.20. The summed E-state index contributed by atoms with van der Waals surface area (Å²) < 4.78 is 5.24. The quantitative estimate of drug-likeness (QED) is 0.548. The smallest absolute Gasteiger partial charge is 0.407 e. The van der Waals surface area contributed by atoms with Crippen molar-refractivity contribution < 1.29 is 14.3 Å². The highest BCUT2D eigenvalue weighted by molar-refractivity contribution is 6.36. The van der Waals surface area contributed by atoms with Crippen molar-refractivity contribution in [2.75, 3.05) is 18.4 Å². The Hall–Kier alpha value is -3.28. The molecule has 0 fully saturated rings. The first-order valence-electron chi connectivity index (χ1n) is 9.26. The van der Waals surface area contributed by atoms with Gasteiger partial charge in [-0.2, -0.15) is 0 Å². The van der Waals surface area contributed by atoms with Crippen molar-refractivity contribution in [1.29, 1.82) is 0 Å². The number of ether oxygens (including phenoxy) is 1. The largest absolute Gasteiger partial charge is 0.444 e. The number of rotatable bonds is 5. The Kier molecular flexibility index (Phi) is 5.68. The minimum Gasteiger partial charge on any atom is -0.444 e. The fraction of sp³-hybridized carbons (Fsp3) is 0.273. The molecule has 146 valence electrons. The van der Waals surface area contributed by atoms with E-state index in [1.165, 1.54) is 0 Å². The number of para-hydroxylation sites is 1. The molecule has 3 N–H and O–H groups in total. The third-order valence-corrected chi connectivity index (χ3v) is 4.08. The maximum Gasteiger partial charge on any atom is 0.407 e. The van der Waals surface area contributed by atoms with Gasteiger partial charge in [0.25, 0.3) is 5.91 Å². The monoisotopic (exact) mass is 379 g/mol. The maximum absolute atomic E-state index is 12.6. The zero-order chi connectivity index (χ0) is 20.1. The van der Waals surface area contributed by atoms with Crippen molar-refractivity contribution in [2.45, 2.75) is 26.4 Å². The minimum atomic E-state index is -0.541. The maximum atomic E-state index is 12.6. The van der Waals surface area contributed by atoms with Gasteiger partial charge in [-0.25, -0.2) is 4.79 Å². The molecule has 0 radical (unpaired) electrons. The van der Waals surface area contributed by atoms with Gasteiger partial charge in [-0.05, 0) is 32.4 Å². The van der Waals surface area contributed by atoms with Crippen molar-refractivity contribution >= 4 is 29.0 Å². The Morgan fingerprint density at radius 2 is 1.61 bits per heavy atom. The van der Waals surface area contributed by atoms with Gasteiger partial charge < -0.3 is 20.7 Å². The van der Waals surface area contributed by atoms with Crippen molar-refractivity contribution in [3.8, 4) is 0 Å². The van der Waals surface area contributed by atoms with Gasteiger partial charge in [0.05, 0.1) is 11.3 Å².